The second-order valence-electron chi connectivity index (χ2n) is 7.47. The Morgan fingerprint density at radius 2 is 1.79 bits per heavy atom. The van der Waals surface area contributed by atoms with Crippen molar-refractivity contribution in [1.82, 2.24) is 0 Å². The van der Waals surface area contributed by atoms with Crippen LogP contribution in [0.1, 0.15) is 54.4 Å². The Kier molecular flexibility index (Phi) is 7.55. The van der Waals surface area contributed by atoms with E-state index in [1.54, 1.807) is 0 Å². The largest absolute Gasteiger partial charge is 0.414 e. The average Bonchev–Trinajstić information content (AvgIpc) is 2.23. The van der Waals surface area contributed by atoms with Crippen LogP contribution < -0.4 is 0 Å². The minimum atomic E-state index is -1.64. The molecule has 3 heteroatoms. The molecule has 0 heterocycles. The molecular weight excluding hydrogens is 252 g/mol. The third-order valence-corrected chi connectivity index (χ3v) is 8.76. The van der Waals surface area contributed by atoms with E-state index in [4.69, 9.17) is 9.53 Å². The normalized spacial score (nSPS) is 17.4. The maximum atomic E-state index is 8.98. The van der Waals surface area contributed by atoms with Gasteiger partial charge in [-0.15, -0.1) is 0 Å². The van der Waals surface area contributed by atoms with E-state index < -0.39 is 8.32 Å². The fourth-order valence-electron chi connectivity index (χ4n) is 1.86. The lowest BCUT2D eigenvalue weighted by atomic mass is 10.00. The van der Waals surface area contributed by atoms with E-state index in [9.17, 15) is 0 Å². The van der Waals surface area contributed by atoms with E-state index in [1.165, 1.54) is 0 Å². The summed E-state index contributed by atoms with van der Waals surface area (Å²) < 4.78 is 6.37. The average molecular weight is 287 g/mol. The Morgan fingerprint density at radius 3 is 2.21 bits per heavy atom. The van der Waals surface area contributed by atoms with Crippen molar-refractivity contribution in [3.05, 3.63) is 11.6 Å². The van der Waals surface area contributed by atoms with Crippen molar-refractivity contribution in [3.8, 4) is 0 Å². The molecule has 2 atom stereocenters. The lowest BCUT2D eigenvalue weighted by Gasteiger charge is -2.39. The van der Waals surface area contributed by atoms with Crippen LogP contribution in [0.3, 0.4) is 0 Å². The fraction of sp³-hybridized carbons (Fsp3) is 0.875. The van der Waals surface area contributed by atoms with E-state index in [0.29, 0.717) is 12.0 Å². The van der Waals surface area contributed by atoms with Gasteiger partial charge in [0.15, 0.2) is 8.32 Å². The number of rotatable bonds is 7. The topological polar surface area (TPSA) is 29.5 Å². The minimum Gasteiger partial charge on any atom is -0.414 e. The molecule has 0 rings (SSSR count). The summed E-state index contributed by atoms with van der Waals surface area (Å²) in [6.07, 6.45) is 4.57. The van der Waals surface area contributed by atoms with Crippen LogP contribution in [0.2, 0.25) is 18.1 Å². The van der Waals surface area contributed by atoms with Crippen LogP contribution in [0.15, 0.2) is 11.6 Å². The van der Waals surface area contributed by atoms with Crippen molar-refractivity contribution >= 4 is 8.32 Å². The predicted octanol–water partition coefficient (Wildman–Crippen LogP) is 4.75. The highest BCUT2D eigenvalue weighted by atomic mass is 28.4. The highest BCUT2D eigenvalue weighted by Gasteiger charge is 2.38. The molecule has 0 saturated heterocycles. The van der Waals surface area contributed by atoms with Gasteiger partial charge < -0.3 is 9.53 Å². The van der Waals surface area contributed by atoms with Crippen molar-refractivity contribution < 1.29 is 9.53 Å². The van der Waals surface area contributed by atoms with Gasteiger partial charge in [-0.3, -0.25) is 0 Å². The van der Waals surface area contributed by atoms with Gasteiger partial charge in [-0.05, 0) is 50.7 Å². The molecule has 0 aromatic rings. The molecule has 0 aliphatic rings. The first-order chi connectivity index (χ1) is 8.49. The molecule has 0 radical (unpaired) electrons. The van der Waals surface area contributed by atoms with E-state index in [2.05, 4.69) is 53.8 Å². The van der Waals surface area contributed by atoms with Crippen LogP contribution in [0.5, 0.6) is 0 Å². The van der Waals surface area contributed by atoms with Crippen LogP contribution in [-0.4, -0.2) is 26.1 Å². The molecule has 0 bridgehead atoms. The van der Waals surface area contributed by atoms with Gasteiger partial charge in [0.05, 0.1) is 6.61 Å². The smallest absolute Gasteiger partial charge is 0.192 e. The third-order valence-electron chi connectivity index (χ3n) is 4.15. The van der Waals surface area contributed by atoms with Gasteiger partial charge >= 0.3 is 0 Å². The highest BCUT2D eigenvalue weighted by Crippen LogP contribution is 2.37. The van der Waals surface area contributed by atoms with Crippen LogP contribution in [0, 0.1) is 5.92 Å². The van der Waals surface area contributed by atoms with Gasteiger partial charge in [-0.25, -0.2) is 0 Å². The summed E-state index contributed by atoms with van der Waals surface area (Å²) in [6.45, 7) is 18.1. The van der Waals surface area contributed by atoms with Gasteiger partial charge in [0.2, 0.25) is 0 Å². The maximum absolute atomic E-state index is 8.98. The lowest BCUT2D eigenvalue weighted by Crippen LogP contribution is -2.43. The molecule has 0 saturated carbocycles. The first-order valence-corrected chi connectivity index (χ1v) is 10.3. The summed E-state index contributed by atoms with van der Waals surface area (Å²) in [7, 11) is -1.64. The third kappa shape index (κ3) is 7.28. The first-order valence-electron chi connectivity index (χ1n) is 7.44. The number of hydrogen-bond donors (Lipinski definition) is 1. The Bertz CT molecular complexity index is 290. The van der Waals surface area contributed by atoms with Crippen molar-refractivity contribution in [1.29, 1.82) is 0 Å². The summed E-state index contributed by atoms with van der Waals surface area (Å²) in [6, 6.07) is 0. The van der Waals surface area contributed by atoms with Crippen molar-refractivity contribution in [2.45, 2.75) is 78.6 Å². The summed E-state index contributed by atoms with van der Waals surface area (Å²) in [5.41, 5.74) is 1.06. The molecule has 0 spiro atoms. The predicted molar refractivity (Wildman–Crippen MR) is 87.0 cm³/mol. The zero-order valence-electron chi connectivity index (χ0n) is 14.2. The summed E-state index contributed by atoms with van der Waals surface area (Å²) >= 11 is 0. The Morgan fingerprint density at radius 1 is 1.26 bits per heavy atom. The number of aliphatic hydroxyl groups is 1. The molecule has 0 aromatic carbocycles. The summed E-state index contributed by atoms with van der Waals surface area (Å²) in [4.78, 5) is 0. The van der Waals surface area contributed by atoms with Crippen LogP contribution in [0.25, 0.3) is 0 Å². The molecule has 0 amide bonds. The molecule has 0 aromatic heterocycles. The monoisotopic (exact) mass is 286 g/mol. The van der Waals surface area contributed by atoms with Crippen molar-refractivity contribution in [2.75, 3.05) is 6.61 Å². The molecule has 0 aliphatic heterocycles. The van der Waals surface area contributed by atoms with Gasteiger partial charge in [-0.1, -0.05) is 39.3 Å². The fourth-order valence-corrected chi connectivity index (χ4v) is 3.31. The molecule has 2 nitrogen and oxygen atoms in total. The minimum absolute atomic E-state index is 0.169. The molecule has 0 unspecified atom stereocenters. The van der Waals surface area contributed by atoms with E-state index in [1.807, 2.05) is 6.92 Å². The highest BCUT2D eigenvalue weighted by molar-refractivity contribution is 6.74. The molecule has 114 valence electrons. The van der Waals surface area contributed by atoms with E-state index in [0.717, 1.165) is 18.4 Å². The SMILES string of the molecule is C/C(=C\C[C@@H](C)C[C@H](C)O[Si](C)(C)C(C)(C)C)CO. The molecule has 0 fully saturated rings. The van der Waals surface area contributed by atoms with Crippen LogP contribution in [-0.2, 0) is 4.43 Å². The number of hydrogen-bond acceptors (Lipinski definition) is 2. The van der Waals surface area contributed by atoms with Gasteiger partial charge in [-0.2, -0.15) is 0 Å². The summed E-state index contributed by atoms with van der Waals surface area (Å²) in [5.74, 6) is 0.598. The van der Waals surface area contributed by atoms with E-state index in [-0.39, 0.29) is 11.6 Å². The first kappa shape index (κ1) is 18.9. The van der Waals surface area contributed by atoms with Gasteiger partial charge in [0.25, 0.3) is 0 Å². The molecule has 1 N–H and O–H groups in total. The lowest BCUT2D eigenvalue weighted by molar-refractivity contribution is 0.170. The van der Waals surface area contributed by atoms with Crippen molar-refractivity contribution in [2.24, 2.45) is 5.92 Å². The maximum Gasteiger partial charge on any atom is 0.192 e. The number of aliphatic hydroxyl groups excluding tert-OH is 1. The van der Waals surface area contributed by atoms with Crippen LogP contribution >= 0.6 is 0 Å². The van der Waals surface area contributed by atoms with Gasteiger partial charge in [0.1, 0.15) is 0 Å². The molecular formula is C16H34O2Si. The second-order valence-corrected chi connectivity index (χ2v) is 12.2. The summed E-state index contributed by atoms with van der Waals surface area (Å²) in [5, 5.41) is 9.26. The zero-order chi connectivity index (χ0) is 15.3. The van der Waals surface area contributed by atoms with Gasteiger partial charge in [0, 0.05) is 6.10 Å². The van der Waals surface area contributed by atoms with E-state index >= 15 is 0 Å². The number of allylic oxidation sites excluding steroid dienone is 1. The van der Waals surface area contributed by atoms with Crippen LogP contribution in [0.4, 0.5) is 0 Å². The quantitative estimate of drug-likeness (QED) is 0.540. The molecule has 0 aliphatic carbocycles. The molecule has 19 heavy (non-hydrogen) atoms. The zero-order valence-corrected chi connectivity index (χ0v) is 15.2. The Balaban J connectivity index is 4.28. The second kappa shape index (κ2) is 7.60. The standard InChI is InChI=1S/C16H34O2Si/c1-13(9-10-14(2)12-17)11-15(3)18-19(7,8)16(4,5)6/h10,13,15,17H,9,11-12H2,1-8H3/b14-10+/t13-,15+/m1/s1. The Labute approximate surface area is 121 Å². The Hall–Kier alpha value is -0.123. The van der Waals surface area contributed by atoms with Crippen molar-refractivity contribution in [3.63, 3.8) is 0 Å².